The van der Waals surface area contributed by atoms with Crippen LogP contribution in [0.3, 0.4) is 0 Å². The molecule has 2 nitrogen and oxygen atoms in total. The summed E-state index contributed by atoms with van der Waals surface area (Å²) in [5, 5.41) is 13.9. The first-order chi connectivity index (χ1) is 1.73. The molecular formula is H3BFLiO2. The molecule has 0 saturated heterocycles. The Balaban J connectivity index is 0. The molecule has 0 aliphatic rings. The zero-order valence-electron chi connectivity index (χ0n) is 1.85. The standard InChI is InChI=1S/BFH2O2.Li.H/c2-1(3)4;;/h3-4H;;. The van der Waals surface area contributed by atoms with E-state index in [1.165, 1.54) is 0 Å². The Kier molecular flexibility index (Phi) is 8.21. The fourth-order valence-electron chi connectivity index (χ4n) is 0. The molecule has 26 valence electrons. The van der Waals surface area contributed by atoms with Gasteiger partial charge in [0.05, 0.1) is 0 Å². The molecule has 0 aromatic rings. The van der Waals surface area contributed by atoms with Crippen LogP contribution in [0.2, 0.25) is 0 Å². The van der Waals surface area contributed by atoms with E-state index in [-0.39, 0.29) is 18.9 Å². The van der Waals surface area contributed by atoms with Crippen LogP contribution >= 0.6 is 0 Å². The molecule has 0 fully saturated rings. The van der Waals surface area contributed by atoms with Gasteiger partial charge in [-0.2, -0.15) is 0 Å². The van der Waals surface area contributed by atoms with Gasteiger partial charge in [-0.25, -0.2) is 0 Å². The van der Waals surface area contributed by atoms with Gasteiger partial charge in [-0.3, -0.25) is 4.32 Å². The second-order valence-corrected chi connectivity index (χ2v) is 0.311. The molecule has 5 heteroatoms. The predicted molar refractivity (Wildman–Crippen MR) is 18.4 cm³/mol. The van der Waals surface area contributed by atoms with E-state index < -0.39 is 7.40 Å². The maximum absolute atomic E-state index is 10.1. The second-order valence-electron chi connectivity index (χ2n) is 0.311. The van der Waals surface area contributed by atoms with Crippen molar-refractivity contribution < 1.29 is 14.4 Å². The summed E-state index contributed by atoms with van der Waals surface area (Å²) >= 11 is 0. The van der Waals surface area contributed by atoms with Crippen molar-refractivity contribution >= 4 is 26.3 Å². The minimum atomic E-state index is -2.67. The van der Waals surface area contributed by atoms with Crippen LogP contribution in [0.4, 0.5) is 4.32 Å². The number of rotatable bonds is 0. The molecule has 0 unspecified atom stereocenters. The second kappa shape index (κ2) is 4.51. The van der Waals surface area contributed by atoms with Crippen molar-refractivity contribution in [1.82, 2.24) is 0 Å². The van der Waals surface area contributed by atoms with E-state index >= 15 is 0 Å². The molecule has 0 heterocycles. The van der Waals surface area contributed by atoms with Gasteiger partial charge < -0.3 is 10.0 Å². The van der Waals surface area contributed by atoms with Crippen LogP contribution < -0.4 is 0 Å². The van der Waals surface area contributed by atoms with E-state index in [4.69, 9.17) is 10.0 Å². The fourth-order valence-corrected chi connectivity index (χ4v) is 0. The SMILES string of the molecule is OB(O)F.[LiH]. The molecule has 0 atom stereocenters. The zero-order valence-corrected chi connectivity index (χ0v) is 1.85. The molecule has 2 N–H and O–H groups in total. The van der Waals surface area contributed by atoms with Gasteiger partial charge in [0.25, 0.3) is 0 Å². The molecule has 0 radical (unpaired) electrons. The summed E-state index contributed by atoms with van der Waals surface area (Å²) in [7, 11) is -2.67. The van der Waals surface area contributed by atoms with Crippen molar-refractivity contribution in [3.8, 4) is 0 Å². The first-order valence-corrected chi connectivity index (χ1v) is 0.735. The van der Waals surface area contributed by atoms with Gasteiger partial charge in [-0.05, 0) is 0 Å². The van der Waals surface area contributed by atoms with Crippen molar-refractivity contribution in [3.05, 3.63) is 0 Å². The van der Waals surface area contributed by atoms with Crippen LogP contribution in [0.25, 0.3) is 0 Å². The van der Waals surface area contributed by atoms with Crippen LogP contribution in [0.5, 0.6) is 0 Å². The molecule has 0 aliphatic heterocycles. The van der Waals surface area contributed by atoms with Gasteiger partial charge in [0.2, 0.25) is 0 Å². The Morgan fingerprint density at radius 1 is 1.40 bits per heavy atom. The molecule has 0 aliphatic carbocycles. The van der Waals surface area contributed by atoms with Crippen molar-refractivity contribution in [3.63, 3.8) is 0 Å². The van der Waals surface area contributed by atoms with Crippen molar-refractivity contribution in [1.29, 1.82) is 0 Å². The summed E-state index contributed by atoms with van der Waals surface area (Å²) in [6.07, 6.45) is 0. The third-order valence-electron chi connectivity index (χ3n) is 0. The van der Waals surface area contributed by atoms with Gasteiger partial charge >= 0.3 is 26.3 Å². The number of hydrogen-bond acceptors (Lipinski definition) is 2. The molecular weight excluding hydrogens is 68.7 g/mol. The van der Waals surface area contributed by atoms with E-state index in [1.54, 1.807) is 0 Å². The summed E-state index contributed by atoms with van der Waals surface area (Å²) in [5.41, 5.74) is 0. The Morgan fingerprint density at radius 3 is 1.40 bits per heavy atom. The molecule has 0 aromatic heterocycles. The van der Waals surface area contributed by atoms with Crippen LogP contribution in [-0.4, -0.2) is 36.3 Å². The first-order valence-electron chi connectivity index (χ1n) is 0.735. The fraction of sp³-hybridized carbons (Fsp3) is 0. The van der Waals surface area contributed by atoms with Gasteiger partial charge in [0.15, 0.2) is 0 Å². The van der Waals surface area contributed by atoms with Crippen LogP contribution in [0.1, 0.15) is 0 Å². The quantitative estimate of drug-likeness (QED) is 0.334. The molecule has 0 bridgehead atoms. The monoisotopic (exact) mass is 72.0 g/mol. The summed E-state index contributed by atoms with van der Waals surface area (Å²) < 4.78 is 10.1. The van der Waals surface area contributed by atoms with Crippen molar-refractivity contribution in [2.24, 2.45) is 0 Å². The molecule has 0 saturated carbocycles. The molecule has 0 amide bonds. The van der Waals surface area contributed by atoms with Crippen molar-refractivity contribution in [2.45, 2.75) is 0 Å². The maximum atomic E-state index is 10.1. The Labute approximate surface area is 41.4 Å². The number of halogens is 1. The van der Waals surface area contributed by atoms with Gasteiger partial charge in [-0.1, -0.05) is 0 Å². The third kappa shape index (κ3) is 109. The van der Waals surface area contributed by atoms with E-state index in [0.717, 1.165) is 0 Å². The first kappa shape index (κ1) is 9.10. The Morgan fingerprint density at radius 2 is 1.40 bits per heavy atom. The van der Waals surface area contributed by atoms with Gasteiger partial charge in [0, 0.05) is 0 Å². The normalized spacial score (nSPS) is 5.40. The molecule has 0 rings (SSSR count). The van der Waals surface area contributed by atoms with E-state index in [9.17, 15) is 4.32 Å². The summed E-state index contributed by atoms with van der Waals surface area (Å²) in [4.78, 5) is 0. The van der Waals surface area contributed by atoms with E-state index in [2.05, 4.69) is 0 Å². The van der Waals surface area contributed by atoms with Gasteiger partial charge in [0.1, 0.15) is 0 Å². The minimum absolute atomic E-state index is 0. The van der Waals surface area contributed by atoms with Crippen molar-refractivity contribution in [2.75, 3.05) is 0 Å². The van der Waals surface area contributed by atoms with E-state index in [1.807, 2.05) is 0 Å². The zero-order chi connectivity index (χ0) is 3.58. The summed E-state index contributed by atoms with van der Waals surface area (Å²) in [5.74, 6) is 0. The van der Waals surface area contributed by atoms with Crippen LogP contribution in [0.15, 0.2) is 0 Å². The average Bonchev–Trinajstić information content (AvgIpc) is 0.811. The summed E-state index contributed by atoms with van der Waals surface area (Å²) in [6, 6.07) is 0. The average molecular weight is 71.8 g/mol. The Bertz CT molecular complexity index is 14.4. The predicted octanol–water partition coefficient (Wildman–Crippen LogP) is -1.72. The number of hydrogen-bond donors (Lipinski definition) is 2. The topological polar surface area (TPSA) is 40.5 Å². The molecule has 0 aromatic carbocycles. The summed E-state index contributed by atoms with van der Waals surface area (Å²) in [6.45, 7) is 0. The van der Waals surface area contributed by atoms with Gasteiger partial charge in [-0.15, -0.1) is 0 Å². The van der Waals surface area contributed by atoms with E-state index in [0.29, 0.717) is 0 Å². The molecule has 0 spiro atoms. The molecule has 5 heavy (non-hydrogen) atoms. The van der Waals surface area contributed by atoms with Crippen LogP contribution in [0, 0.1) is 0 Å². The van der Waals surface area contributed by atoms with Crippen LogP contribution in [-0.2, 0) is 0 Å². The Hall–Kier alpha value is 0.512. The third-order valence-corrected chi connectivity index (χ3v) is 0.